The minimum Gasteiger partial charge on any atom is -0.491 e. The highest BCUT2D eigenvalue weighted by Crippen LogP contribution is 2.28. The number of rotatable bonds is 15. The zero-order chi connectivity index (χ0) is 25.7. The van der Waals surface area contributed by atoms with Gasteiger partial charge in [-0.05, 0) is 54.1 Å². The fraction of sp³-hybridized carbons (Fsp3) is 0.310. The highest BCUT2D eigenvalue weighted by atomic mass is 19.2. The second-order valence-electron chi connectivity index (χ2n) is 7.89. The van der Waals surface area contributed by atoms with Gasteiger partial charge in [-0.1, -0.05) is 84.9 Å². The third kappa shape index (κ3) is 10.4. The average molecular weight is 459 g/mol. The van der Waals surface area contributed by atoms with Gasteiger partial charge in [0.15, 0.2) is 11.6 Å². The van der Waals surface area contributed by atoms with Gasteiger partial charge in [0.1, 0.15) is 5.83 Å². The molecule has 0 aliphatic heterocycles. The summed E-state index contributed by atoms with van der Waals surface area (Å²) < 4.78 is 48.0. The molecular weight excluding hydrogens is 421 g/mol. The van der Waals surface area contributed by atoms with E-state index < -0.39 is 23.2 Å². The lowest BCUT2D eigenvalue weighted by Crippen LogP contribution is -1.97. The van der Waals surface area contributed by atoms with Gasteiger partial charge in [0, 0.05) is 11.1 Å². The maximum atomic E-state index is 14.6. The molecule has 0 aromatic carbocycles. The Hall–Kier alpha value is -3.01. The number of ether oxygens (including phenoxy) is 1. The van der Waals surface area contributed by atoms with Gasteiger partial charge < -0.3 is 4.74 Å². The summed E-state index contributed by atoms with van der Waals surface area (Å²) in [5.41, 5.74) is 1.56. The summed E-state index contributed by atoms with van der Waals surface area (Å²) in [6.45, 7) is 30.1. The van der Waals surface area contributed by atoms with Gasteiger partial charge in [0.2, 0.25) is 5.83 Å². The summed E-state index contributed by atoms with van der Waals surface area (Å²) in [4.78, 5) is 0. The molecule has 0 aromatic heterocycles. The summed E-state index contributed by atoms with van der Waals surface area (Å²) >= 11 is 0. The van der Waals surface area contributed by atoms with Crippen LogP contribution in [0.25, 0.3) is 0 Å². The first-order chi connectivity index (χ1) is 15.4. The van der Waals surface area contributed by atoms with Crippen LogP contribution in [-0.4, -0.2) is 6.61 Å². The van der Waals surface area contributed by atoms with Crippen molar-refractivity contribution in [3.63, 3.8) is 0 Å². The second kappa shape index (κ2) is 14.9. The first-order valence-corrected chi connectivity index (χ1v) is 10.9. The Bertz CT molecular complexity index is 923. The zero-order valence-corrected chi connectivity index (χ0v) is 20.5. The molecule has 0 saturated carbocycles. The van der Waals surface area contributed by atoms with Crippen molar-refractivity contribution in [1.82, 2.24) is 0 Å². The normalized spacial score (nSPS) is 13.9. The van der Waals surface area contributed by atoms with Gasteiger partial charge in [-0.2, -0.15) is 4.39 Å². The summed E-state index contributed by atoms with van der Waals surface area (Å²) in [6, 6.07) is 0. The summed E-state index contributed by atoms with van der Waals surface area (Å²) in [5, 5.41) is 0. The van der Waals surface area contributed by atoms with E-state index in [2.05, 4.69) is 53.3 Å². The molecule has 1 nitrogen and oxygen atoms in total. The highest BCUT2D eigenvalue weighted by molar-refractivity contribution is 5.53. The van der Waals surface area contributed by atoms with Crippen LogP contribution in [0.2, 0.25) is 0 Å². The van der Waals surface area contributed by atoms with E-state index in [1.54, 1.807) is 0 Å². The van der Waals surface area contributed by atoms with Crippen LogP contribution in [0.1, 0.15) is 47.0 Å². The van der Waals surface area contributed by atoms with Crippen LogP contribution in [0.15, 0.2) is 120 Å². The molecule has 0 saturated heterocycles. The van der Waals surface area contributed by atoms with E-state index in [1.165, 1.54) is 18.2 Å². The molecule has 0 radical (unpaired) electrons. The second-order valence-corrected chi connectivity index (χ2v) is 7.89. The van der Waals surface area contributed by atoms with E-state index in [4.69, 9.17) is 4.74 Å². The highest BCUT2D eigenvalue weighted by Gasteiger charge is 2.15. The van der Waals surface area contributed by atoms with Gasteiger partial charge in [0.05, 0.1) is 6.61 Å². The van der Waals surface area contributed by atoms with E-state index >= 15 is 0 Å². The fourth-order valence-electron chi connectivity index (χ4n) is 2.28. The molecule has 0 bridgehead atoms. The predicted molar refractivity (Wildman–Crippen MR) is 136 cm³/mol. The van der Waals surface area contributed by atoms with Crippen LogP contribution in [-0.2, 0) is 4.74 Å². The first-order valence-electron chi connectivity index (χ1n) is 10.9. The van der Waals surface area contributed by atoms with Gasteiger partial charge in [-0.3, -0.25) is 0 Å². The molecule has 0 amide bonds. The molecule has 0 fully saturated rings. The molecule has 0 heterocycles. The topological polar surface area (TPSA) is 9.23 Å². The molecule has 0 aliphatic carbocycles. The van der Waals surface area contributed by atoms with E-state index in [9.17, 15) is 13.2 Å². The number of hydrogen-bond acceptors (Lipinski definition) is 1. The number of allylic oxidation sites excluding steroid dienone is 13. The molecule has 33 heavy (non-hydrogen) atoms. The molecule has 0 rings (SSSR count). The largest absolute Gasteiger partial charge is 0.491 e. The van der Waals surface area contributed by atoms with E-state index in [0.717, 1.165) is 18.4 Å². The monoisotopic (exact) mass is 458 g/mol. The van der Waals surface area contributed by atoms with Crippen LogP contribution in [0.4, 0.5) is 13.2 Å². The quantitative estimate of drug-likeness (QED) is 0.175. The standard InChI is InChI=1S/C29H37F3O/c1-11-17-33-26(10)29(32)28(31)25(9)22(6)16-15-20(4)23(7)18-27(30)24(8)21(5)14-13-19(3)12-2/h14-16,18-19H,4,6-13,17H2,1-3,5H3/b16-15-,21-14+,27-18+,29-28-. The lowest BCUT2D eigenvalue weighted by molar-refractivity contribution is 0.208. The van der Waals surface area contributed by atoms with Crippen molar-refractivity contribution in [3.05, 3.63) is 120 Å². The van der Waals surface area contributed by atoms with E-state index in [0.29, 0.717) is 23.5 Å². The maximum Gasteiger partial charge on any atom is 0.200 e. The van der Waals surface area contributed by atoms with E-state index in [-0.39, 0.29) is 23.3 Å². The Morgan fingerprint density at radius 3 is 1.97 bits per heavy atom. The van der Waals surface area contributed by atoms with Gasteiger partial charge in [-0.15, -0.1) is 0 Å². The molecule has 0 aliphatic rings. The molecule has 0 spiro atoms. The SMILES string of the molecule is C=C(/C=C\C(=C)C(=C)/C(F)=C(/F)C(=C)OCCC)C(=C)/C=C(/F)C(=C)/C(C)=C/CC(C)CC. The molecule has 4 heteroatoms. The first kappa shape index (κ1) is 30.0. The smallest absolute Gasteiger partial charge is 0.200 e. The molecule has 0 aromatic rings. The van der Waals surface area contributed by atoms with Crippen LogP contribution in [0, 0.1) is 5.92 Å². The van der Waals surface area contributed by atoms with Crippen LogP contribution >= 0.6 is 0 Å². The molecule has 1 unspecified atom stereocenters. The number of hydrogen-bond donors (Lipinski definition) is 0. The Morgan fingerprint density at radius 2 is 1.42 bits per heavy atom. The Labute approximate surface area is 198 Å². The lowest BCUT2D eigenvalue weighted by atomic mass is 9.99. The van der Waals surface area contributed by atoms with Crippen molar-refractivity contribution in [2.75, 3.05) is 6.61 Å². The summed E-state index contributed by atoms with van der Waals surface area (Å²) in [5.74, 6) is -2.85. The Kier molecular flexibility index (Phi) is 13.6. The minimum atomic E-state index is -1.23. The van der Waals surface area contributed by atoms with Gasteiger partial charge >= 0.3 is 0 Å². The Morgan fingerprint density at radius 1 is 0.848 bits per heavy atom. The van der Waals surface area contributed by atoms with Crippen molar-refractivity contribution in [2.24, 2.45) is 5.92 Å². The van der Waals surface area contributed by atoms with Crippen molar-refractivity contribution in [2.45, 2.75) is 47.0 Å². The van der Waals surface area contributed by atoms with Gasteiger partial charge in [-0.25, -0.2) is 8.78 Å². The molecule has 1 atom stereocenters. The van der Waals surface area contributed by atoms with Crippen molar-refractivity contribution >= 4 is 0 Å². The zero-order valence-electron chi connectivity index (χ0n) is 20.5. The third-order valence-corrected chi connectivity index (χ3v) is 5.06. The Balaban J connectivity index is 5.23. The number of halogens is 3. The lowest BCUT2D eigenvalue weighted by Gasteiger charge is -2.09. The average Bonchev–Trinajstić information content (AvgIpc) is 2.81. The van der Waals surface area contributed by atoms with E-state index in [1.807, 2.05) is 19.9 Å². The fourth-order valence-corrected chi connectivity index (χ4v) is 2.28. The van der Waals surface area contributed by atoms with Crippen LogP contribution in [0.3, 0.4) is 0 Å². The van der Waals surface area contributed by atoms with Crippen molar-refractivity contribution in [1.29, 1.82) is 0 Å². The summed E-state index contributed by atoms with van der Waals surface area (Å²) in [7, 11) is 0. The predicted octanol–water partition coefficient (Wildman–Crippen LogP) is 9.65. The third-order valence-electron chi connectivity index (χ3n) is 5.06. The molecule has 180 valence electrons. The minimum absolute atomic E-state index is 0.109. The van der Waals surface area contributed by atoms with Crippen LogP contribution in [0.5, 0.6) is 0 Å². The van der Waals surface area contributed by atoms with Gasteiger partial charge in [0.25, 0.3) is 0 Å². The molecule has 0 N–H and O–H groups in total. The van der Waals surface area contributed by atoms with Crippen molar-refractivity contribution < 1.29 is 17.9 Å². The maximum absolute atomic E-state index is 14.6. The molecular formula is C29H37F3O. The van der Waals surface area contributed by atoms with Crippen LogP contribution < -0.4 is 0 Å². The summed E-state index contributed by atoms with van der Waals surface area (Å²) in [6.07, 6.45) is 8.61. The van der Waals surface area contributed by atoms with Crippen molar-refractivity contribution in [3.8, 4) is 0 Å².